The first-order chi connectivity index (χ1) is 8.17. The molecule has 3 heteroatoms. The van der Waals surface area contributed by atoms with Gasteiger partial charge in [0.2, 0.25) is 0 Å². The van der Waals surface area contributed by atoms with Crippen molar-refractivity contribution in [3.63, 3.8) is 0 Å². The Labute approximate surface area is 103 Å². The molecule has 1 rings (SSSR count). The molecule has 94 valence electrons. The molecule has 1 unspecified atom stereocenters. The van der Waals surface area contributed by atoms with E-state index < -0.39 is 0 Å². The van der Waals surface area contributed by atoms with Gasteiger partial charge in [0.15, 0.2) is 0 Å². The molecule has 0 amide bonds. The van der Waals surface area contributed by atoms with Crippen LogP contribution in [0.3, 0.4) is 0 Å². The van der Waals surface area contributed by atoms with Crippen molar-refractivity contribution in [2.75, 3.05) is 13.7 Å². The minimum Gasteiger partial charge on any atom is -0.493 e. The minimum atomic E-state index is -0.243. The van der Waals surface area contributed by atoms with Gasteiger partial charge >= 0.3 is 5.97 Å². The van der Waals surface area contributed by atoms with Gasteiger partial charge in [-0.1, -0.05) is 25.5 Å². The molecule has 0 saturated heterocycles. The van der Waals surface area contributed by atoms with Crippen LogP contribution in [0.25, 0.3) is 0 Å². The van der Waals surface area contributed by atoms with E-state index in [9.17, 15) is 4.79 Å². The second-order valence-electron chi connectivity index (χ2n) is 4.13. The zero-order valence-electron chi connectivity index (χ0n) is 10.7. The van der Waals surface area contributed by atoms with E-state index in [1.807, 2.05) is 12.1 Å². The molecule has 0 heterocycles. The molecule has 0 bridgehead atoms. The average Bonchev–Trinajstić information content (AvgIpc) is 2.37. The van der Waals surface area contributed by atoms with Gasteiger partial charge in [-0.05, 0) is 31.0 Å². The largest absolute Gasteiger partial charge is 0.493 e. The number of hydrogen-bond acceptors (Lipinski definition) is 3. The van der Waals surface area contributed by atoms with Gasteiger partial charge < -0.3 is 9.47 Å². The molecular formula is C14H20O3. The molecule has 0 fully saturated rings. The summed E-state index contributed by atoms with van der Waals surface area (Å²) in [6.45, 7) is 4.29. The van der Waals surface area contributed by atoms with Crippen LogP contribution in [0.5, 0.6) is 5.75 Å². The highest BCUT2D eigenvalue weighted by atomic mass is 16.5. The third-order valence-electron chi connectivity index (χ3n) is 2.57. The van der Waals surface area contributed by atoms with Gasteiger partial charge in [-0.25, -0.2) is 0 Å². The number of rotatable bonds is 6. The van der Waals surface area contributed by atoms with Crippen LogP contribution in [0.1, 0.15) is 25.8 Å². The fourth-order valence-corrected chi connectivity index (χ4v) is 1.53. The summed E-state index contributed by atoms with van der Waals surface area (Å²) < 4.78 is 10.2. The molecule has 1 aromatic carbocycles. The molecule has 0 N–H and O–H groups in total. The van der Waals surface area contributed by atoms with E-state index in [1.54, 1.807) is 6.92 Å². The van der Waals surface area contributed by atoms with Crippen LogP contribution >= 0.6 is 0 Å². The lowest BCUT2D eigenvalue weighted by Crippen LogP contribution is -2.19. The van der Waals surface area contributed by atoms with Crippen LogP contribution in [-0.4, -0.2) is 19.7 Å². The summed E-state index contributed by atoms with van der Waals surface area (Å²) in [6.07, 6.45) is 2.22. The Bertz CT molecular complexity index is 343. The summed E-state index contributed by atoms with van der Waals surface area (Å²) >= 11 is 0. The molecule has 0 aromatic heterocycles. The molecule has 1 aromatic rings. The van der Waals surface area contributed by atoms with E-state index in [0.717, 1.165) is 18.6 Å². The highest BCUT2D eigenvalue weighted by Crippen LogP contribution is 2.14. The summed E-state index contributed by atoms with van der Waals surface area (Å²) in [5.74, 6) is 0.309. The highest BCUT2D eigenvalue weighted by Gasteiger charge is 2.13. The zero-order valence-corrected chi connectivity index (χ0v) is 10.7. The Morgan fingerprint density at radius 3 is 2.47 bits per heavy atom. The molecule has 0 aliphatic carbocycles. The maximum absolute atomic E-state index is 11.2. The van der Waals surface area contributed by atoms with Crippen molar-refractivity contribution in [2.24, 2.45) is 5.92 Å². The number of aryl methyl sites for hydroxylation is 1. The summed E-state index contributed by atoms with van der Waals surface area (Å²) in [5, 5.41) is 0. The SMILES string of the molecule is CCCc1ccc(OCC(C)C(=O)OC)cc1. The van der Waals surface area contributed by atoms with Crippen LogP contribution in [0.15, 0.2) is 24.3 Å². The lowest BCUT2D eigenvalue weighted by Gasteiger charge is -2.11. The summed E-state index contributed by atoms with van der Waals surface area (Å²) in [4.78, 5) is 11.2. The molecule has 0 spiro atoms. The molecule has 0 aliphatic rings. The number of methoxy groups -OCH3 is 1. The van der Waals surface area contributed by atoms with E-state index in [2.05, 4.69) is 23.8 Å². The highest BCUT2D eigenvalue weighted by molar-refractivity contribution is 5.71. The van der Waals surface area contributed by atoms with Gasteiger partial charge in [-0.2, -0.15) is 0 Å². The van der Waals surface area contributed by atoms with Crippen molar-refractivity contribution in [3.05, 3.63) is 29.8 Å². The minimum absolute atomic E-state index is 0.240. The summed E-state index contributed by atoms with van der Waals surface area (Å²) in [5.41, 5.74) is 1.31. The monoisotopic (exact) mass is 236 g/mol. The van der Waals surface area contributed by atoms with Crippen molar-refractivity contribution in [1.29, 1.82) is 0 Å². The number of carbonyl (C=O) groups is 1. The smallest absolute Gasteiger partial charge is 0.311 e. The summed E-state index contributed by atoms with van der Waals surface area (Å²) in [6, 6.07) is 7.99. The van der Waals surface area contributed by atoms with E-state index >= 15 is 0 Å². The topological polar surface area (TPSA) is 35.5 Å². The molecule has 0 aliphatic heterocycles. The Hall–Kier alpha value is -1.51. The Morgan fingerprint density at radius 2 is 1.94 bits per heavy atom. The van der Waals surface area contributed by atoms with Crippen molar-refractivity contribution < 1.29 is 14.3 Å². The second-order valence-corrected chi connectivity index (χ2v) is 4.13. The first-order valence-corrected chi connectivity index (χ1v) is 5.97. The van der Waals surface area contributed by atoms with Gasteiger partial charge in [-0.3, -0.25) is 4.79 Å². The van der Waals surface area contributed by atoms with Crippen molar-refractivity contribution in [2.45, 2.75) is 26.7 Å². The standard InChI is InChI=1S/C14H20O3/c1-4-5-12-6-8-13(9-7-12)17-10-11(2)14(15)16-3/h6-9,11H,4-5,10H2,1-3H3. The molecule has 1 atom stereocenters. The zero-order chi connectivity index (χ0) is 12.7. The molecule has 17 heavy (non-hydrogen) atoms. The first kappa shape index (κ1) is 13.6. The second kappa shape index (κ2) is 6.94. The van der Waals surface area contributed by atoms with Crippen LogP contribution < -0.4 is 4.74 Å². The van der Waals surface area contributed by atoms with E-state index in [1.165, 1.54) is 12.7 Å². The van der Waals surface area contributed by atoms with Gasteiger partial charge in [0.05, 0.1) is 13.0 Å². The number of esters is 1. The van der Waals surface area contributed by atoms with Crippen LogP contribution in [0, 0.1) is 5.92 Å². The third-order valence-corrected chi connectivity index (χ3v) is 2.57. The predicted octanol–water partition coefficient (Wildman–Crippen LogP) is 2.83. The van der Waals surface area contributed by atoms with Crippen molar-refractivity contribution >= 4 is 5.97 Å². The van der Waals surface area contributed by atoms with Gasteiger partial charge in [0.1, 0.15) is 12.4 Å². The fraction of sp³-hybridized carbons (Fsp3) is 0.500. The lowest BCUT2D eigenvalue weighted by atomic mass is 10.1. The predicted molar refractivity (Wildman–Crippen MR) is 67.1 cm³/mol. The maximum atomic E-state index is 11.2. The summed E-state index contributed by atoms with van der Waals surface area (Å²) in [7, 11) is 1.39. The van der Waals surface area contributed by atoms with Crippen LogP contribution in [-0.2, 0) is 16.0 Å². The number of benzene rings is 1. The number of hydrogen-bond donors (Lipinski definition) is 0. The fourth-order valence-electron chi connectivity index (χ4n) is 1.53. The lowest BCUT2D eigenvalue weighted by molar-refractivity contribution is -0.145. The number of ether oxygens (including phenoxy) is 2. The van der Waals surface area contributed by atoms with Gasteiger partial charge in [0.25, 0.3) is 0 Å². The van der Waals surface area contributed by atoms with E-state index in [0.29, 0.717) is 6.61 Å². The van der Waals surface area contributed by atoms with E-state index in [4.69, 9.17) is 4.74 Å². The van der Waals surface area contributed by atoms with Gasteiger partial charge in [-0.15, -0.1) is 0 Å². The molecule has 3 nitrogen and oxygen atoms in total. The molecule has 0 saturated carbocycles. The van der Waals surface area contributed by atoms with Crippen molar-refractivity contribution in [1.82, 2.24) is 0 Å². The third kappa shape index (κ3) is 4.47. The quantitative estimate of drug-likeness (QED) is 0.712. The van der Waals surface area contributed by atoms with E-state index in [-0.39, 0.29) is 11.9 Å². The number of carbonyl (C=O) groups excluding carboxylic acids is 1. The normalized spacial score (nSPS) is 11.9. The average molecular weight is 236 g/mol. The van der Waals surface area contributed by atoms with Crippen LogP contribution in [0.2, 0.25) is 0 Å². The van der Waals surface area contributed by atoms with Gasteiger partial charge in [0, 0.05) is 0 Å². The Kier molecular flexibility index (Phi) is 5.53. The maximum Gasteiger partial charge on any atom is 0.311 e. The van der Waals surface area contributed by atoms with Crippen molar-refractivity contribution in [3.8, 4) is 5.75 Å². The van der Waals surface area contributed by atoms with Crippen LogP contribution in [0.4, 0.5) is 0 Å². The first-order valence-electron chi connectivity index (χ1n) is 5.97. The molecule has 0 radical (unpaired) electrons. The Balaban J connectivity index is 2.44. The molecular weight excluding hydrogens is 216 g/mol. The Morgan fingerprint density at radius 1 is 1.29 bits per heavy atom.